The predicted octanol–water partition coefficient (Wildman–Crippen LogP) is 2.48. The van der Waals surface area contributed by atoms with Crippen LogP contribution in [0.25, 0.3) is 17.0 Å². The van der Waals surface area contributed by atoms with Gasteiger partial charge in [0.2, 0.25) is 5.88 Å². The lowest BCUT2D eigenvalue weighted by Gasteiger charge is -2.05. The van der Waals surface area contributed by atoms with Crippen LogP contribution in [0.2, 0.25) is 0 Å². The third-order valence-corrected chi connectivity index (χ3v) is 2.42. The number of carboxylic acids is 1. The molecule has 1 N–H and O–H groups in total. The number of hydrogen-bond donors (Lipinski definition) is 1. The molecule has 2 rings (SSSR count). The molecule has 1 heterocycles. The second kappa shape index (κ2) is 4.83. The van der Waals surface area contributed by atoms with E-state index in [1.165, 1.54) is 19.3 Å². The summed E-state index contributed by atoms with van der Waals surface area (Å²) in [7, 11) is 1.46. The molecule has 0 atom stereocenters. The second-order valence-electron chi connectivity index (χ2n) is 3.56. The van der Waals surface area contributed by atoms with E-state index in [1.54, 1.807) is 18.2 Å². The van der Waals surface area contributed by atoms with E-state index < -0.39 is 11.8 Å². The van der Waals surface area contributed by atoms with E-state index in [0.717, 1.165) is 6.08 Å². The van der Waals surface area contributed by atoms with E-state index in [2.05, 4.69) is 4.98 Å². The fraction of sp³-hybridized carbons (Fsp3) is 0.0769. The summed E-state index contributed by atoms with van der Waals surface area (Å²) in [5.41, 5.74) is 0.501. The molecule has 0 unspecified atom stereocenters. The van der Waals surface area contributed by atoms with Crippen molar-refractivity contribution in [3.05, 3.63) is 41.7 Å². The number of halogens is 1. The van der Waals surface area contributed by atoms with Crippen molar-refractivity contribution < 1.29 is 19.0 Å². The summed E-state index contributed by atoms with van der Waals surface area (Å²) in [6, 6.07) is 6.25. The minimum Gasteiger partial charge on any atom is -0.481 e. The van der Waals surface area contributed by atoms with Crippen LogP contribution in [-0.2, 0) is 4.79 Å². The molecule has 0 amide bonds. The number of methoxy groups -OCH3 is 1. The number of pyridine rings is 1. The van der Waals surface area contributed by atoms with Gasteiger partial charge in [0.05, 0.1) is 12.6 Å². The van der Waals surface area contributed by atoms with Crippen molar-refractivity contribution in [2.45, 2.75) is 0 Å². The largest absolute Gasteiger partial charge is 0.481 e. The Hall–Kier alpha value is -2.43. The Morgan fingerprint density at radius 3 is 2.78 bits per heavy atom. The van der Waals surface area contributed by atoms with Crippen molar-refractivity contribution in [2.75, 3.05) is 7.11 Å². The number of ether oxygens (including phenoxy) is 1. The average Bonchev–Trinajstić information content (AvgIpc) is 2.36. The van der Waals surface area contributed by atoms with Crippen molar-refractivity contribution in [3.63, 3.8) is 0 Å². The molecule has 0 saturated carbocycles. The number of carbonyl (C=O) groups is 1. The maximum absolute atomic E-state index is 13.7. The summed E-state index contributed by atoms with van der Waals surface area (Å²) >= 11 is 0. The maximum atomic E-state index is 13.7. The van der Waals surface area contributed by atoms with Gasteiger partial charge in [-0.3, -0.25) is 0 Å². The summed E-state index contributed by atoms with van der Waals surface area (Å²) in [4.78, 5) is 14.6. The van der Waals surface area contributed by atoms with Crippen LogP contribution in [0.1, 0.15) is 5.56 Å². The van der Waals surface area contributed by atoms with Gasteiger partial charge in [-0.05, 0) is 24.3 Å². The van der Waals surface area contributed by atoms with Crippen LogP contribution < -0.4 is 4.74 Å². The number of hydrogen-bond acceptors (Lipinski definition) is 3. The van der Waals surface area contributed by atoms with Gasteiger partial charge in [-0.25, -0.2) is 14.2 Å². The summed E-state index contributed by atoms with van der Waals surface area (Å²) in [6.07, 6.45) is 2.06. The summed E-state index contributed by atoms with van der Waals surface area (Å²) < 4.78 is 18.6. The van der Waals surface area contributed by atoms with Gasteiger partial charge in [-0.1, -0.05) is 0 Å². The molecule has 1 aromatic heterocycles. The molecule has 5 heteroatoms. The van der Waals surface area contributed by atoms with E-state index in [9.17, 15) is 9.18 Å². The molecular weight excluding hydrogens is 237 g/mol. The molecule has 0 bridgehead atoms. The van der Waals surface area contributed by atoms with E-state index in [-0.39, 0.29) is 5.56 Å². The molecule has 0 aliphatic heterocycles. The van der Waals surface area contributed by atoms with Crippen molar-refractivity contribution in [2.24, 2.45) is 0 Å². The SMILES string of the molecule is COc1ccc2ccc(F)c(C=CC(=O)O)c2n1. The zero-order chi connectivity index (χ0) is 13.1. The molecule has 0 saturated heterocycles. The monoisotopic (exact) mass is 247 g/mol. The number of aliphatic carboxylic acids is 1. The summed E-state index contributed by atoms with van der Waals surface area (Å²) in [5.74, 6) is -1.33. The highest BCUT2D eigenvalue weighted by Gasteiger charge is 2.08. The Bertz CT molecular complexity index is 637. The molecule has 0 radical (unpaired) electrons. The predicted molar refractivity (Wildman–Crippen MR) is 64.9 cm³/mol. The molecule has 18 heavy (non-hydrogen) atoms. The average molecular weight is 247 g/mol. The minimum absolute atomic E-state index is 0.133. The highest BCUT2D eigenvalue weighted by Crippen LogP contribution is 2.23. The standard InChI is InChI=1S/C13H10FNO3/c1-18-11-6-3-8-2-5-10(14)9(13(8)15-11)4-7-12(16)17/h2-7H,1H3,(H,16,17). The molecule has 2 aromatic rings. The number of carboxylic acid groups (broad SMARTS) is 1. The third kappa shape index (κ3) is 2.29. The molecule has 4 nitrogen and oxygen atoms in total. The summed E-state index contributed by atoms with van der Waals surface area (Å²) in [6.45, 7) is 0. The van der Waals surface area contributed by atoms with Crippen LogP contribution in [-0.4, -0.2) is 23.2 Å². The van der Waals surface area contributed by atoms with Crippen molar-refractivity contribution in [1.29, 1.82) is 0 Å². The van der Waals surface area contributed by atoms with Gasteiger partial charge in [0.25, 0.3) is 0 Å². The zero-order valence-electron chi connectivity index (χ0n) is 9.55. The first-order chi connectivity index (χ1) is 8.61. The molecule has 1 aromatic carbocycles. The number of benzene rings is 1. The number of rotatable bonds is 3. The van der Waals surface area contributed by atoms with Crippen LogP contribution >= 0.6 is 0 Å². The van der Waals surface area contributed by atoms with Crippen LogP contribution in [0, 0.1) is 5.82 Å². The van der Waals surface area contributed by atoms with E-state index in [0.29, 0.717) is 16.8 Å². The van der Waals surface area contributed by atoms with E-state index in [1.807, 2.05) is 0 Å². The molecule has 0 spiro atoms. The maximum Gasteiger partial charge on any atom is 0.328 e. The van der Waals surface area contributed by atoms with E-state index >= 15 is 0 Å². The fourth-order valence-corrected chi connectivity index (χ4v) is 1.59. The molecular formula is C13H10FNO3. The zero-order valence-corrected chi connectivity index (χ0v) is 9.55. The van der Waals surface area contributed by atoms with Crippen LogP contribution in [0.5, 0.6) is 5.88 Å². The first kappa shape index (κ1) is 12.0. The molecule has 0 aliphatic rings. The fourth-order valence-electron chi connectivity index (χ4n) is 1.59. The lowest BCUT2D eigenvalue weighted by molar-refractivity contribution is -0.131. The lowest BCUT2D eigenvalue weighted by Crippen LogP contribution is -1.93. The van der Waals surface area contributed by atoms with Crippen LogP contribution in [0.4, 0.5) is 4.39 Å². The van der Waals surface area contributed by atoms with Gasteiger partial charge in [-0.2, -0.15) is 0 Å². The Labute approximate surface area is 102 Å². The first-order valence-corrected chi connectivity index (χ1v) is 5.16. The van der Waals surface area contributed by atoms with Gasteiger partial charge in [0.1, 0.15) is 5.82 Å². The highest BCUT2D eigenvalue weighted by atomic mass is 19.1. The second-order valence-corrected chi connectivity index (χ2v) is 3.56. The molecule has 0 fully saturated rings. The Balaban J connectivity index is 2.67. The molecule has 92 valence electrons. The van der Waals surface area contributed by atoms with E-state index in [4.69, 9.17) is 9.84 Å². The van der Waals surface area contributed by atoms with Crippen molar-refractivity contribution in [1.82, 2.24) is 4.98 Å². The van der Waals surface area contributed by atoms with Crippen molar-refractivity contribution >= 4 is 22.9 Å². The minimum atomic E-state index is -1.14. The first-order valence-electron chi connectivity index (χ1n) is 5.16. The van der Waals surface area contributed by atoms with Gasteiger partial charge in [-0.15, -0.1) is 0 Å². The van der Waals surface area contributed by atoms with Crippen LogP contribution in [0.3, 0.4) is 0 Å². The summed E-state index contributed by atoms with van der Waals surface area (Å²) in [5, 5.41) is 9.29. The third-order valence-electron chi connectivity index (χ3n) is 2.42. The Kier molecular flexibility index (Phi) is 3.23. The Morgan fingerprint density at radius 2 is 2.11 bits per heavy atom. The highest BCUT2D eigenvalue weighted by molar-refractivity contribution is 5.92. The number of nitrogens with zero attached hydrogens (tertiary/aromatic N) is 1. The molecule has 0 aliphatic carbocycles. The topological polar surface area (TPSA) is 59.4 Å². The van der Waals surface area contributed by atoms with Crippen LogP contribution in [0.15, 0.2) is 30.3 Å². The lowest BCUT2D eigenvalue weighted by atomic mass is 10.1. The number of aromatic nitrogens is 1. The number of fused-ring (bicyclic) bond motifs is 1. The Morgan fingerprint density at radius 1 is 1.39 bits per heavy atom. The van der Waals surface area contributed by atoms with Gasteiger partial charge < -0.3 is 9.84 Å². The smallest absolute Gasteiger partial charge is 0.328 e. The normalized spacial score (nSPS) is 11.0. The van der Waals surface area contributed by atoms with Crippen molar-refractivity contribution in [3.8, 4) is 5.88 Å². The van der Waals surface area contributed by atoms with Gasteiger partial charge in [0, 0.05) is 23.1 Å². The van der Waals surface area contributed by atoms with Gasteiger partial charge >= 0.3 is 5.97 Å². The van der Waals surface area contributed by atoms with Gasteiger partial charge in [0.15, 0.2) is 0 Å². The quantitative estimate of drug-likeness (QED) is 0.846.